The van der Waals surface area contributed by atoms with Crippen molar-refractivity contribution >= 4 is 11.9 Å². The predicted octanol–water partition coefficient (Wildman–Crippen LogP) is 1.61. The second kappa shape index (κ2) is 6.18. The standard InChI is InChI=1S/C15H17NO3/c1-11(17)16-13(10-12-6-3-2-4-7-12)14-8-5-9-15(18)19-14/h2-7,9,13-14H,8,10H2,1H3,(H,16,17)/t13?,14-/m0/s1. The van der Waals surface area contributed by atoms with Crippen molar-refractivity contribution in [3.05, 3.63) is 48.0 Å². The van der Waals surface area contributed by atoms with Crippen LogP contribution in [0.5, 0.6) is 0 Å². The molecule has 0 fully saturated rings. The van der Waals surface area contributed by atoms with Crippen molar-refractivity contribution in [3.63, 3.8) is 0 Å². The normalized spacial score (nSPS) is 19.6. The molecule has 1 unspecified atom stereocenters. The molecule has 0 saturated heterocycles. The molecule has 0 radical (unpaired) electrons. The average Bonchev–Trinajstić information content (AvgIpc) is 2.39. The topological polar surface area (TPSA) is 55.4 Å². The zero-order valence-corrected chi connectivity index (χ0v) is 10.8. The van der Waals surface area contributed by atoms with Crippen molar-refractivity contribution < 1.29 is 14.3 Å². The summed E-state index contributed by atoms with van der Waals surface area (Å²) in [4.78, 5) is 22.6. The molecule has 4 nitrogen and oxygen atoms in total. The largest absolute Gasteiger partial charge is 0.457 e. The lowest BCUT2D eigenvalue weighted by Crippen LogP contribution is -2.46. The molecule has 1 heterocycles. The molecule has 0 aliphatic carbocycles. The lowest BCUT2D eigenvalue weighted by molar-refractivity contribution is -0.146. The first-order valence-corrected chi connectivity index (χ1v) is 6.33. The Hall–Kier alpha value is -2.10. The van der Waals surface area contributed by atoms with E-state index in [4.69, 9.17) is 4.74 Å². The van der Waals surface area contributed by atoms with Crippen molar-refractivity contribution in [2.24, 2.45) is 0 Å². The van der Waals surface area contributed by atoms with Crippen LogP contribution in [0.3, 0.4) is 0 Å². The second-order valence-corrected chi connectivity index (χ2v) is 4.61. The molecule has 2 rings (SSSR count). The lowest BCUT2D eigenvalue weighted by atomic mass is 9.98. The Kier molecular flexibility index (Phi) is 4.34. The number of ether oxygens (including phenoxy) is 1. The predicted molar refractivity (Wildman–Crippen MR) is 71.4 cm³/mol. The molecule has 1 N–H and O–H groups in total. The van der Waals surface area contributed by atoms with E-state index in [0.717, 1.165) is 5.56 Å². The Morgan fingerprint density at radius 3 is 2.79 bits per heavy atom. The van der Waals surface area contributed by atoms with Gasteiger partial charge in [-0.2, -0.15) is 0 Å². The van der Waals surface area contributed by atoms with E-state index in [9.17, 15) is 9.59 Å². The van der Waals surface area contributed by atoms with Crippen molar-refractivity contribution in [3.8, 4) is 0 Å². The number of carbonyl (C=O) groups is 2. The maximum atomic E-state index is 11.3. The van der Waals surface area contributed by atoms with E-state index < -0.39 is 0 Å². The molecule has 1 amide bonds. The molecular weight excluding hydrogens is 242 g/mol. The van der Waals surface area contributed by atoms with Crippen LogP contribution in [0, 0.1) is 0 Å². The Morgan fingerprint density at radius 2 is 2.16 bits per heavy atom. The monoisotopic (exact) mass is 259 g/mol. The Balaban J connectivity index is 2.09. The Bertz CT molecular complexity index is 481. The van der Waals surface area contributed by atoms with Gasteiger partial charge in [-0.25, -0.2) is 4.79 Å². The molecule has 100 valence electrons. The van der Waals surface area contributed by atoms with Crippen molar-refractivity contribution in [2.75, 3.05) is 0 Å². The maximum Gasteiger partial charge on any atom is 0.330 e. The summed E-state index contributed by atoms with van der Waals surface area (Å²) in [6, 6.07) is 9.64. The van der Waals surface area contributed by atoms with Crippen LogP contribution in [-0.2, 0) is 20.7 Å². The Labute approximate surface area is 112 Å². The van der Waals surface area contributed by atoms with Gasteiger partial charge < -0.3 is 10.1 Å². The maximum absolute atomic E-state index is 11.3. The minimum atomic E-state index is -0.348. The fourth-order valence-electron chi connectivity index (χ4n) is 2.19. The minimum Gasteiger partial charge on any atom is -0.457 e. The van der Waals surface area contributed by atoms with Crippen molar-refractivity contribution in [1.29, 1.82) is 0 Å². The minimum absolute atomic E-state index is 0.119. The van der Waals surface area contributed by atoms with Crippen LogP contribution in [-0.4, -0.2) is 24.0 Å². The Morgan fingerprint density at radius 1 is 1.42 bits per heavy atom. The highest BCUT2D eigenvalue weighted by Gasteiger charge is 2.26. The summed E-state index contributed by atoms with van der Waals surface area (Å²) < 4.78 is 5.28. The van der Waals surface area contributed by atoms with Gasteiger partial charge in [0.1, 0.15) is 6.10 Å². The fraction of sp³-hybridized carbons (Fsp3) is 0.333. The van der Waals surface area contributed by atoms with Crippen molar-refractivity contribution in [1.82, 2.24) is 5.32 Å². The zero-order chi connectivity index (χ0) is 13.7. The highest BCUT2D eigenvalue weighted by atomic mass is 16.5. The van der Waals surface area contributed by atoms with Crippen molar-refractivity contribution in [2.45, 2.75) is 31.9 Å². The van der Waals surface area contributed by atoms with Gasteiger partial charge in [-0.15, -0.1) is 0 Å². The molecule has 0 bridgehead atoms. The number of hydrogen-bond donors (Lipinski definition) is 1. The van der Waals surface area contributed by atoms with E-state index >= 15 is 0 Å². The molecular formula is C15H17NO3. The van der Waals surface area contributed by atoms with E-state index in [1.807, 2.05) is 30.3 Å². The van der Waals surface area contributed by atoms with Gasteiger partial charge in [-0.05, 0) is 12.0 Å². The molecule has 1 aromatic carbocycles. The number of cyclic esters (lactones) is 1. The van der Waals surface area contributed by atoms with Gasteiger partial charge in [0.15, 0.2) is 0 Å². The summed E-state index contributed by atoms with van der Waals surface area (Å²) in [6.45, 7) is 1.47. The van der Waals surface area contributed by atoms with Gasteiger partial charge in [-0.3, -0.25) is 4.79 Å². The molecule has 1 aliphatic rings. The van der Waals surface area contributed by atoms with Crippen LogP contribution in [0.2, 0.25) is 0 Å². The highest BCUT2D eigenvalue weighted by molar-refractivity contribution is 5.83. The first kappa shape index (κ1) is 13.3. The van der Waals surface area contributed by atoms with Gasteiger partial charge in [0.2, 0.25) is 5.91 Å². The van der Waals surface area contributed by atoms with Crippen LogP contribution in [0.15, 0.2) is 42.5 Å². The van der Waals surface area contributed by atoms with Crippen LogP contribution in [0.1, 0.15) is 18.9 Å². The lowest BCUT2D eigenvalue weighted by Gasteiger charge is -2.28. The molecule has 2 atom stereocenters. The van der Waals surface area contributed by atoms with E-state index in [1.54, 1.807) is 6.08 Å². The van der Waals surface area contributed by atoms with Crippen LogP contribution in [0.4, 0.5) is 0 Å². The molecule has 1 aliphatic heterocycles. The van der Waals surface area contributed by atoms with E-state index in [1.165, 1.54) is 13.0 Å². The van der Waals surface area contributed by atoms with E-state index in [0.29, 0.717) is 12.8 Å². The third-order valence-electron chi connectivity index (χ3n) is 3.03. The fourth-order valence-corrected chi connectivity index (χ4v) is 2.19. The molecule has 0 saturated carbocycles. The van der Waals surface area contributed by atoms with Gasteiger partial charge >= 0.3 is 5.97 Å². The quantitative estimate of drug-likeness (QED) is 0.836. The summed E-state index contributed by atoms with van der Waals surface area (Å²) in [5, 5.41) is 2.87. The van der Waals surface area contributed by atoms with E-state index in [-0.39, 0.29) is 24.0 Å². The number of carbonyl (C=O) groups excluding carboxylic acids is 2. The number of rotatable bonds is 4. The summed E-state index contributed by atoms with van der Waals surface area (Å²) in [5.74, 6) is -0.466. The SMILES string of the molecule is CC(=O)NC(Cc1ccccc1)[C@@H]1CC=CC(=O)O1. The van der Waals surface area contributed by atoms with Crippen LogP contribution in [0.25, 0.3) is 0 Å². The molecule has 0 aromatic heterocycles. The van der Waals surface area contributed by atoms with E-state index in [2.05, 4.69) is 5.32 Å². The second-order valence-electron chi connectivity index (χ2n) is 4.61. The molecule has 19 heavy (non-hydrogen) atoms. The number of esters is 1. The molecule has 1 aromatic rings. The zero-order valence-electron chi connectivity index (χ0n) is 10.8. The number of amides is 1. The summed E-state index contributed by atoms with van der Waals surface area (Å²) in [6.07, 6.45) is 4.18. The first-order valence-electron chi connectivity index (χ1n) is 6.33. The molecule has 0 spiro atoms. The molecule has 4 heteroatoms. The van der Waals surface area contributed by atoms with Crippen LogP contribution < -0.4 is 5.32 Å². The summed E-state index contributed by atoms with van der Waals surface area (Å²) >= 11 is 0. The third-order valence-corrected chi connectivity index (χ3v) is 3.03. The first-order chi connectivity index (χ1) is 9.15. The number of benzene rings is 1. The van der Waals surface area contributed by atoms with Gasteiger partial charge in [0, 0.05) is 19.4 Å². The average molecular weight is 259 g/mol. The summed E-state index contributed by atoms with van der Waals surface area (Å²) in [5.41, 5.74) is 1.10. The highest BCUT2D eigenvalue weighted by Crippen LogP contribution is 2.15. The third kappa shape index (κ3) is 3.95. The van der Waals surface area contributed by atoms with Gasteiger partial charge in [0.05, 0.1) is 6.04 Å². The van der Waals surface area contributed by atoms with Gasteiger partial charge in [0.25, 0.3) is 0 Å². The number of hydrogen-bond acceptors (Lipinski definition) is 3. The van der Waals surface area contributed by atoms with Crippen LogP contribution >= 0.6 is 0 Å². The number of nitrogens with one attached hydrogen (secondary N) is 1. The summed E-state index contributed by atoms with van der Waals surface area (Å²) in [7, 11) is 0. The smallest absolute Gasteiger partial charge is 0.330 e. The van der Waals surface area contributed by atoms with Gasteiger partial charge in [-0.1, -0.05) is 36.4 Å².